The van der Waals surface area contributed by atoms with Gasteiger partial charge in [-0.2, -0.15) is 0 Å². The highest BCUT2D eigenvalue weighted by molar-refractivity contribution is 5.76. The number of hydrazine groups is 1. The van der Waals surface area contributed by atoms with Gasteiger partial charge in [0.1, 0.15) is 11.5 Å². The lowest BCUT2D eigenvalue weighted by molar-refractivity contribution is -0.121. The van der Waals surface area contributed by atoms with Crippen molar-refractivity contribution in [2.45, 2.75) is 26.3 Å². The van der Waals surface area contributed by atoms with Gasteiger partial charge in [-0.05, 0) is 31.0 Å². The average molecular weight is 267 g/mol. The number of carbonyl (C=O) groups excluding carboxylic acids is 1. The van der Waals surface area contributed by atoms with Gasteiger partial charge >= 0.3 is 0 Å². The molecule has 1 aromatic rings. The highest BCUT2D eigenvalue weighted by Crippen LogP contribution is 2.36. The van der Waals surface area contributed by atoms with E-state index < -0.39 is 6.04 Å². The molecule has 0 fully saturated rings. The minimum atomic E-state index is -0.508. The summed E-state index contributed by atoms with van der Waals surface area (Å²) in [5.74, 6) is 6.14. The number of hydrogen-bond acceptors (Lipinski definition) is 5. The van der Waals surface area contributed by atoms with Crippen LogP contribution in [0.3, 0.4) is 0 Å². The fraction of sp³-hybridized carbons (Fsp3) is 0.462. The Kier molecular flexibility index (Phi) is 5.14. The Balaban J connectivity index is 3.25. The molecule has 0 aliphatic heterocycles. The monoisotopic (exact) mass is 267 g/mol. The first-order chi connectivity index (χ1) is 8.96. The molecule has 0 saturated heterocycles. The normalized spacial score (nSPS) is 11.9. The lowest BCUT2D eigenvalue weighted by Gasteiger charge is -2.20. The number of nitrogens with one attached hydrogen (secondary N) is 1. The van der Waals surface area contributed by atoms with Crippen LogP contribution in [0.2, 0.25) is 0 Å². The van der Waals surface area contributed by atoms with E-state index in [2.05, 4.69) is 5.43 Å². The summed E-state index contributed by atoms with van der Waals surface area (Å²) < 4.78 is 10.7. The van der Waals surface area contributed by atoms with Crippen LogP contribution in [-0.4, -0.2) is 20.1 Å². The molecule has 0 saturated carbocycles. The van der Waals surface area contributed by atoms with Gasteiger partial charge in [0.2, 0.25) is 5.91 Å². The third-order valence-electron chi connectivity index (χ3n) is 3.21. The van der Waals surface area contributed by atoms with Crippen molar-refractivity contribution in [3.63, 3.8) is 0 Å². The van der Waals surface area contributed by atoms with E-state index in [1.807, 2.05) is 13.8 Å². The summed E-state index contributed by atoms with van der Waals surface area (Å²) in [6.45, 7) is 3.87. The van der Waals surface area contributed by atoms with E-state index in [-0.39, 0.29) is 12.3 Å². The van der Waals surface area contributed by atoms with Crippen LogP contribution < -0.4 is 26.5 Å². The molecule has 5 N–H and O–H groups in total. The first-order valence-electron chi connectivity index (χ1n) is 5.93. The van der Waals surface area contributed by atoms with Crippen LogP contribution >= 0.6 is 0 Å². The van der Waals surface area contributed by atoms with Crippen molar-refractivity contribution in [2.24, 2.45) is 11.6 Å². The molecule has 0 spiro atoms. The van der Waals surface area contributed by atoms with E-state index in [9.17, 15) is 4.79 Å². The second kappa shape index (κ2) is 6.40. The third-order valence-corrected chi connectivity index (χ3v) is 3.21. The molecule has 0 aliphatic carbocycles. The Labute approximate surface area is 113 Å². The van der Waals surface area contributed by atoms with Crippen molar-refractivity contribution in [1.82, 2.24) is 5.43 Å². The molecule has 1 atom stereocenters. The number of methoxy groups -OCH3 is 2. The van der Waals surface area contributed by atoms with Gasteiger partial charge < -0.3 is 15.2 Å². The standard InChI is InChI=1S/C13H21N3O3/c1-7-8(2)13(19-4)9(5-11(7)18-3)10(14)6-12(17)16-15/h5,10H,6,14-15H2,1-4H3,(H,16,17). The first-order valence-corrected chi connectivity index (χ1v) is 5.93. The van der Waals surface area contributed by atoms with Crippen LogP contribution in [0.15, 0.2) is 6.07 Å². The van der Waals surface area contributed by atoms with E-state index in [1.165, 1.54) is 0 Å². The zero-order valence-electron chi connectivity index (χ0n) is 11.7. The molecular formula is C13H21N3O3. The first kappa shape index (κ1) is 15.3. The Morgan fingerprint density at radius 1 is 1.32 bits per heavy atom. The molecule has 106 valence electrons. The molecule has 6 nitrogen and oxygen atoms in total. The third kappa shape index (κ3) is 3.15. The number of carbonyl (C=O) groups is 1. The lowest BCUT2D eigenvalue weighted by Crippen LogP contribution is -2.32. The quantitative estimate of drug-likeness (QED) is 0.414. The highest BCUT2D eigenvalue weighted by atomic mass is 16.5. The Morgan fingerprint density at radius 2 is 1.95 bits per heavy atom. The molecule has 0 bridgehead atoms. The molecule has 0 aromatic heterocycles. The molecule has 1 unspecified atom stereocenters. The van der Waals surface area contributed by atoms with Gasteiger partial charge in [-0.1, -0.05) is 0 Å². The minimum Gasteiger partial charge on any atom is -0.496 e. The van der Waals surface area contributed by atoms with Gasteiger partial charge in [0.15, 0.2) is 0 Å². The van der Waals surface area contributed by atoms with Gasteiger partial charge in [0.05, 0.1) is 14.2 Å². The second-order valence-corrected chi connectivity index (χ2v) is 4.33. The van der Waals surface area contributed by atoms with E-state index in [0.29, 0.717) is 5.75 Å². The summed E-state index contributed by atoms with van der Waals surface area (Å²) >= 11 is 0. The van der Waals surface area contributed by atoms with Crippen LogP contribution in [0.1, 0.15) is 29.2 Å². The SMILES string of the molecule is COc1cc(C(N)CC(=O)NN)c(OC)c(C)c1C. The Hall–Kier alpha value is -1.79. The van der Waals surface area contributed by atoms with Gasteiger partial charge in [-0.25, -0.2) is 5.84 Å². The van der Waals surface area contributed by atoms with Crippen molar-refractivity contribution in [1.29, 1.82) is 0 Å². The maximum absolute atomic E-state index is 11.3. The summed E-state index contributed by atoms with van der Waals surface area (Å²) in [5.41, 5.74) is 10.8. The molecule has 19 heavy (non-hydrogen) atoms. The smallest absolute Gasteiger partial charge is 0.235 e. The van der Waals surface area contributed by atoms with Crippen molar-refractivity contribution in [3.05, 3.63) is 22.8 Å². The molecule has 0 heterocycles. The predicted molar refractivity (Wildman–Crippen MR) is 72.9 cm³/mol. The molecule has 1 rings (SSSR count). The van der Waals surface area contributed by atoms with Gasteiger partial charge in [-0.15, -0.1) is 0 Å². The van der Waals surface area contributed by atoms with Gasteiger partial charge in [0, 0.05) is 18.0 Å². The Morgan fingerprint density at radius 3 is 2.42 bits per heavy atom. The summed E-state index contributed by atoms with van der Waals surface area (Å²) in [5, 5.41) is 0. The van der Waals surface area contributed by atoms with Crippen LogP contribution in [0.4, 0.5) is 0 Å². The van der Waals surface area contributed by atoms with Gasteiger partial charge in [0.25, 0.3) is 0 Å². The summed E-state index contributed by atoms with van der Waals surface area (Å²) in [7, 11) is 3.17. The molecule has 6 heteroatoms. The maximum Gasteiger partial charge on any atom is 0.235 e. The lowest BCUT2D eigenvalue weighted by atomic mass is 9.96. The summed E-state index contributed by atoms with van der Waals surface area (Å²) in [6.07, 6.45) is 0.0819. The van der Waals surface area contributed by atoms with Crippen LogP contribution in [0.5, 0.6) is 11.5 Å². The molecular weight excluding hydrogens is 246 g/mol. The van der Waals surface area contributed by atoms with Crippen molar-refractivity contribution < 1.29 is 14.3 Å². The van der Waals surface area contributed by atoms with E-state index in [4.69, 9.17) is 21.1 Å². The van der Waals surface area contributed by atoms with E-state index in [1.54, 1.807) is 20.3 Å². The topological polar surface area (TPSA) is 99.6 Å². The fourth-order valence-electron chi connectivity index (χ4n) is 2.01. The number of ether oxygens (including phenoxy) is 2. The molecule has 0 radical (unpaired) electrons. The predicted octanol–water partition coefficient (Wildman–Crippen LogP) is 0.700. The second-order valence-electron chi connectivity index (χ2n) is 4.33. The van der Waals surface area contributed by atoms with Crippen LogP contribution in [-0.2, 0) is 4.79 Å². The average Bonchev–Trinajstić information content (AvgIpc) is 2.41. The zero-order valence-corrected chi connectivity index (χ0v) is 11.7. The van der Waals surface area contributed by atoms with Crippen molar-refractivity contribution in [3.8, 4) is 11.5 Å². The minimum absolute atomic E-state index is 0.0819. The molecule has 0 aliphatic rings. The number of amides is 1. The van der Waals surface area contributed by atoms with Crippen molar-refractivity contribution >= 4 is 5.91 Å². The number of hydrogen-bond donors (Lipinski definition) is 3. The molecule has 1 aromatic carbocycles. The van der Waals surface area contributed by atoms with E-state index >= 15 is 0 Å². The van der Waals surface area contributed by atoms with Crippen LogP contribution in [0, 0.1) is 13.8 Å². The summed E-state index contributed by atoms with van der Waals surface area (Å²) in [6, 6.07) is 1.29. The zero-order chi connectivity index (χ0) is 14.6. The number of rotatable bonds is 5. The fourth-order valence-corrected chi connectivity index (χ4v) is 2.01. The maximum atomic E-state index is 11.3. The van der Waals surface area contributed by atoms with Crippen molar-refractivity contribution in [2.75, 3.05) is 14.2 Å². The number of benzene rings is 1. The Bertz CT molecular complexity index is 475. The van der Waals surface area contributed by atoms with Crippen LogP contribution in [0.25, 0.3) is 0 Å². The summed E-state index contributed by atoms with van der Waals surface area (Å²) in [4.78, 5) is 11.3. The highest BCUT2D eigenvalue weighted by Gasteiger charge is 2.20. The number of nitrogens with two attached hydrogens (primary N) is 2. The largest absolute Gasteiger partial charge is 0.496 e. The molecule has 1 amide bonds. The van der Waals surface area contributed by atoms with E-state index in [0.717, 1.165) is 22.4 Å². The van der Waals surface area contributed by atoms with Gasteiger partial charge in [-0.3, -0.25) is 10.2 Å².